The summed E-state index contributed by atoms with van der Waals surface area (Å²) < 4.78 is 46.4. The molecular formula is C24H25ClF3N5OS. The number of hydrogen-bond donors (Lipinski definition) is 2. The van der Waals surface area contributed by atoms with Gasteiger partial charge in [0.05, 0.1) is 6.54 Å². The molecule has 2 aromatic heterocycles. The topological polar surface area (TPSA) is 66.2 Å². The fourth-order valence-corrected chi connectivity index (χ4v) is 4.49. The van der Waals surface area contributed by atoms with Gasteiger partial charge in [-0.15, -0.1) is 0 Å². The van der Waals surface area contributed by atoms with Crippen molar-refractivity contribution in [1.29, 1.82) is 0 Å². The summed E-state index contributed by atoms with van der Waals surface area (Å²) in [5.41, 5.74) is -0.148. The number of benzene rings is 1. The molecule has 1 fully saturated rings. The van der Waals surface area contributed by atoms with Crippen molar-refractivity contribution in [3.63, 3.8) is 0 Å². The van der Waals surface area contributed by atoms with E-state index in [2.05, 4.69) is 34.4 Å². The normalized spacial score (nSPS) is 18.4. The number of nitrogens with one attached hydrogen (secondary N) is 2. The van der Waals surface area contributed by atoms with E-state index in [0.717, 1.165) is 18.1 Å². The van der Waals surface area contributed by atoms with Crippen molar-refractivity contribution in [3.8, 4) is 11.3 Å². The second-order valence-electron chi connectivity index (χ2n) is 8.86. The summed E-state index contributed by atoms with van der Waals surface area (Å²) in [4.78, 5) is 9.85. The van der Waals surface area contributed by atoms with Gasteiger partial charge in [0.1, 0.15) is 17.3 Å². The number of alkyl halides is 3. The molecule has 1 aliphatic heterocycles. The third-order valence-electron chi connectivity index (χ3n) is 5.63. The van der Waals surface area contributed by atoms with Crippen molar-refractivity contribution in [2.45, 2.75) is 33.0 Å². The van der Waals surface area contributed by atoms with Crippen LogP contribution in [0.25, 0.3) is 11.3 Å². The molecule has 1 saturated heterocycles. The Morgan fingerprint density at radius 1 is 1.11 bits per heavy atom. The third-order valence-corrected chi connectivity index (χ3v) is 6.13. The monoisotopic (exact) mass is 523 g/mol. The van der Waals surface area contributed by atoms with Crippen LogP contribution < -0.4 is 15.5 Å². The molecule has 1 aromatic carbocycles. The Hall–Kier alpha value is -2.85. The van der Waals surface area contributed by atoms with E-state index >= 15 is 0 Å². The maximum atomic E-state index is 13.5. The quantitative estimate of drug-likeness (QED) is 0.376. The first-order valence-corrected chi connectivity index (χ1v) is 12.0. The molecule has 0 saturated carbocycles. The van der Waals surface area contributed by atoms with Gasteiger partial charge in [0.25, 0.3) is 0 Å². The molecule has 0 bridgehead atoms. The van der Waals surface area contributed by atoms with Crippen molar-refractivity contribution in [2.24, 2.45) is 11.8 Å². The van der Waals surface area contributed by atoms with Crippen molar-refractivity contribution in [1.82, 2.24) is 15.3 Å². The molecule has 6 nitrogen and oxygen atoms in total. The van der Waals surface area contributed by atoms with Crippen LogP contribution in [0.3, 0.4) is 0 Å². The van der Waals surface area contributed by atoms with E-state index in [1.807, 2.05) is 23.1 Å². The predicted octanol–water partition coefficient (Wildman–Crippen LogP) is 6.38. The lowest BCUT2D eigenvalue weighted by molar-refractivity contribution is -0.141. The maximum Gasteiger partial charge on any atom is 0.433 e. The Morgan fingerprint density at radius 3 is 2.46 bits per heavy atom. The molecule has 3 aromatic rings. The van der Waals surface area contributed by atoms with Crippen LogP contribution in [-0.4, -0.2) is 28.2 Å². The number of halogens is 4. The number of furan rings is 1. The van der Waals surface area contributed by atoms with E-state index in [4.69, 9.17) is 28.2 Å². The van der Waals surface area contributed by atoms with Gasteiger partial charge >= 0.3 is 6.18 Å². The Labute approximate surface area is 211 Å². The minimum absolute atomic E-state index is 0.0834. The van der Waals surface area contributed by atoms with Gasteiger partial charge in [0.15, 0.2) is 10.8 Å². The second-order valence-corrected chi connectivity index (χ2v) is 9.71. The Bertz CT molecular complexity index is 1170. The summed E-state index contributed by atoms with van der Waals surface area (Å²) in [6, 6.07) is 11.8. The minimum Gasteiger partial charge on any atom is -0.459 e. The molecule has 186 valence electrons. The van der Waals surface area contributed by atoms with Crippen LogP contribution in [-0.2, 0) is 12.7 Å². The molecular weight excluding hydrogens is 499 g/mol. The van der Waals surface area contributed by atoms with Gasteiger partial charge in [-0.2, -0.15) is 18.2 Å². The summed E-state index contributed by atoms with van der Waals surface area (Å²) >= 11 is 11.2. The van der Waals surface area contributed by atoms with Crippen LogP contribution in [0.2, 0.25) is 5.02 Å². The number of anilines is 2. The fourth-order valence-electron chi connectivity index (χ4n) is 4.20. The van der Waals surface area contributed by atoms with Crippen molar-refractivity contribution in [3.05, 3.63) is 58.9 Å². The maximum absolute atomic E-state index is 13.5. The van der Waals surface area contributed by atoms with Gasteiger partial charge in [0.2, 0.25) is 5.95 Å². The standard InChI is InChI=1S/C24H25ClF3N5OS/c1-14-9-15(2)13-33(12-14)21-10-20(24(26,27)28)30-22(31-21)32-23(35)29-11-18-7-8-19(34-18)16-3-5-17(25)6-4-16/h3-8,10,14-15H,9,11-13H2,1-2H3,(H2,29,30,31,32,35)/t14-,15-/m0/s1. The molecule has 4 rings (SSSR count). The number of piperidine rings is 1. The number of hydrogen-bond acceptors (Lipinski definition) is 5. The van der Waals surface area contributed by atoms with Crippen LogP contribution in [0.1, 0.15) is 31.7 Å². The molecule has 0 spiro atoms. The Kier molecular flexibility index (Phi) is 7.51. The number of nitrogens with zero attached hydrogens (tertiary/aromatic N) is 3. The molecule has 0 unspecified atom stereocenters. The van der Waals surface area contributed by atoms with Gasteiger partial charge < -0.3 is 20.0 Å². The molecule has 35 heavy (non-hydrogen) atoms. The molecule has 3 heterocycles. The van der Waals surface area contributed by atoms with Crippen LogP contribution in [0.15, 0.2) is 46.9 Å². The number of aromatic nitrogens is 2. The number of rotatable bonds is 5. The third kappa shape index (κ3) is 6.64. The minimum atomic E-state index is -4.61. The first-order valence-electron chi connectivity index (χ1n) is 11.2. The second kappa shape index (κ2) is 10.4. The Morgan fingerprint density at radius 2 is 1.80 bits per heavy atom. The highest BCUT2D eigenvalue weighted by Gasteiger charge is 2.35. The predicted molar refractivity (Wildman–Crippen MR) is 134 cm³/mol. The van der Waals surface area contributed by atoms with Gasteiger partial charge in [-0.05, 0) is 66.9 Å². The van der Waals surface area contributed by atoms with Crippen molar-refractivity contribution >= 4 is 40.7 Å². The summed E-state index contributed by atoms with van der Waals surface area (Å²) in [7, 11) is 0. The summed E-state index contributed by atoms with van der Waals surface area (Å²) in [5.74, 6) is 1.99. The molecule has 1 aliphatic rings. The van der Waals surface area contributed by atoms with E-state index in [9.17, 15) is 13.2 Å². The van der Waals surface area contributed by atoms with E-state index in [-0.39, 0.29) is 23.4 Å². The van der Waals surface area contributed by atoms with Gasteiger partial charge in [-0.3, -0.25) is 0 Å². The first kappa shape index (κ1) is 25.2. The Balaban J connectivity index is 1.44. The van der Waals surface area contributed by atoms with Crippen molar-refractivity contribution in [2.75, 3.05) is 23.3 Å². The highest BCUT2D eigenvalue weighted by molar-refractivity contribution is 7.80. The van der Waals surface area contributed by atoms with Gasteiger partial charge in [0, 0.05) is 29.7 Å². The fraction of sp³-hybridized carbons (Fsp3) is 0.375. The summed E-state index contributed by atoms with van der Waals surface area (Å²) in [5, 5.41) is 6.32. The molecule has 2 N–H and O–H groups in total. The van der Waals surface area contributed by atoms with Gasteiger partial charge in [-0.1, -0.05) is 25.4 Å². The SMILES string of the molecule is C[C@H]1C[C@H](C)CN(c2cc(C(F)(F)F)nc(NC(=S)NCc3ccc(-c4ccc(Cl)cc4)o3)n2)C1. The van der Waals surface area contributed by atoms with E-state index < -0.39 is 11.9 Å². The molecule has 2 atom stereocenters. The zero-order valence-electron chi connectivity index (χ0n) is 19.2. The smallest absolute Gasteiger partial charge is 0.433 e. The molecule has 0 amide bonds. The summed E-state index contributed by atoms with van der Waals surface area (Å²) in [6.45, 7) is 5.66. The van der Waals surface area contributed by atoms with E-state index in [1.54, 1.807) is 18.2 Å². The molecule has 0 aliphatic carbocycles. The highest BCUT2D eigenvalue weighted by Crippen LogP contribution is 2.32. The molecule has 0 radical (unpaired) electrons. The van der Waals surface area contributed by atoms with Crippen molar-refractivity contribution < 1.29 is 17.6 Å². The van der Waals surface area contributed by atoms with Gasteiger partial charge in [-0.25, -0.2) is 4.98 Å². The summed E-state index contributed by atoms with van der Waals surface area (Å²) in [6.07, 6.45) is -3.58. The molecule has 11 heteroatoms. The largest absolute Gasteiger partial charge is 0.459 e. The first-order chi connectivity index (χ1) is 16.6. The lowest BCUT2D eigenvalue weighted by Gasteiger charge is -2.36. The van der Waals surface area contributed by atoms with Crippen LogP contribution in [0.4, 0.5) is 24.9 Å². The zero-order chi connectivity index (χ0) is 25.2. The van der Waals surface area contributed by atoms with Crippen LogP contribution in [0.5, 0.6) is 0 Å². The highest BCUT2D eigenvalue weighted by atomic mass is 35.5. The lowest BCUT2D eigenvalue weighted by atomic mass is 9.92. The number of thiocarbonyl (C=S) groups is 1. The zero-order valence-corrected chi connectivity index (χ0v) is 20.8. The van der Waals surface area contributed by atoms with Crippen LogP contribution >= 0.6 is 23.8 Å². The van der Waals surface area contributed by atoms with E-state index in [0.29, 0.717) is 41.5 Å². The average Bonchev–Trinajstić information content (AvgIpc) is 3.26. The van der Waals surface area contributed by atoms with Crippen LogP contribution in [0, 0.1) is 11.8 Å². The van der Waals surface area contributed by atoms with E-state index in [1.165, 1.54) is 0 Å². The lowest BCUT2D eigenvalue weighted by Crippen LogP contribution is -2.39. The average molecular weight is 524 g/mol.